The molecule has 0 radical (unpaired) electrons. The van der Waals surface area contributed by atoms with Gasteiger partial charge >= 0.3 is 6.09 Å². The molecule has 0 saturated heterocycles. The van der Waals surface area contributed by atoms with Crippen LogP contribution in [-0.4, -0.2) is 41.5 Å². The number of nitrogens with zero attached hydrogens (tertiary/aromatic N) is 1. The second kappa shape index (κ2) is 12.6. The van der Waals surface area contributed by atoms with Gasteiger partial charge in [-0.2, -0.15) is 0 Å². The van der Waals surface area contributed by atoms with Crippen molar-refractivity contribution in [3.05, 3.63) is 71.3 Å². The minimum atomic E-state index is -0.943. The average molecular weight is 508 g/mol. The van der Waals surface area contributed by atoms with E-state index in [0.717, 1.165) is 16.7 Å². The summed E-state index contributed by atoms with van der Waals surface area (Å²) in [6.07, 6.45) is 1.41. The van der Waals surface area contributed by atoms with Gasteiger partial charge in [0.25, 0.3) is 5.91 Å². The predicted molar refractivity (Wildman–Crippen MR) is 149 cm³/mol. The molecule has 37 heavy (non-hydrogen) atoms. The van der Waals surface area contributed by atoms with E-state index in [0.29, 0.717) is 17.7 Å². The molecule has 7 nitrogen and oxygen atoms in total. The number of rotatable bonds is 9. The third-order valence-corrected chi connectivity index (χ3v) is 5.87. The quantitative estimate of drug-likeness (QED) is 0.434. The van der Waals surface area contributed by atoms with E-state index in [1.807, 2.05) is 70.2 Å². The van der Waals surface area contributed by atoms with E-state index in [1.54, 1.807) is 33.9 Å². The number of hydrogen-bond donors (Lipinski definition) is 2. The first-order chi connectivity index (χ1) is 17.2. The number of carbonyl (C=O) groups is 3. The second-order valence-electron chi connectivity index (χ2n) is 10.8. The highest BCUT2D eigenvalue weighted by Gasteiger charge is 2.34. The average Bonchev–Trinajstić information content (AvgIpc) is 2.79. The van der Waals surface area contributed by atoms with Crippen LogP contribution in [0, 0.1) is 19.8 Å². The van der Waals surface area contributed by atoms with E-state index in [2.05, 4.69) is 17.2 Å². The van der Waals surface area contributed by atoms with Gasteiger partial charge in [-0.15, -0.1) is 0 Å². The molecule has 7 heteroatoms. The van der Waals surface area contributed by atoms with Crippen molar-refractivity contribution in [1.82, 2.24) is 10.2 Å². The van der Waals surface area contributed by atoms with Crippen LogP contribution in [0.3, 0.4) is 0 Å². The standard InChI is InChI=1S/C30H41N3O4/c1-10-22-15-12-16-23(18-22)26(27(34)32-25-20(4)13-11-14-21(25)5)33(9)28(35)24(17-19(2)3)31-29(36)37-30(6,7)8/h10-16,18-19,24,26H,1,17H2,2-9H3,(H,31,36)(H,32,34). The first-order valence-corrected chi connectivity index (χ1v) is 12.6. The maximum absolute atomic E-state index is 13.8. The van der Waals surface area contributed by atoms with Gasteiger partial charge in [0.2, 0.25) is 5.91 Å². The lowest BCUT2D eigenvalue weighted by atomic mass is 9.98. The molecule has 0 bridgehead atoms. The summed E-state index contributed by atoms with van der Waals surface area (Å²) in [5.41, 5.74) is 3.31. The normalized spacial score (nSPS) is 12.9. The zero-order valence-corrected chi connectivity index (χ0v) is 23.3. The molecule has 2 aromatic rings. The molecule has 0 saturated carbocycles. The number of benzene rings is 2. The number of para-hydroxylation sites is 1. The van der Waals surface area contributed by atoms with Crippen LogP contribution >= 0.6 is 0 Å². The second-order valence-corrected chi connectivity index (χ2v) is 10.8. The maximum atomic E-state index is 13.8. The molecule has 2 unspecified atom stereocenters. The Balaban J connectivity index is 2.46. The lowest BCUT2D eigenvalue weighted by molar-refractivity contribution is -0.139. The summed E-state index contributed by atoms with van der Waals surface area (Å²) in [6, 6.07) is 11.3. The largest absolute Gasteiger partial charge is 0.444 e. The highest BCUT2D eigenvalue weighted by Crippen LogP contribution is 2.27. The molecule has 0 aliphatic heterocycles. The Morgan fingerprint density at radius 1 is 1.05 bits per heavy atom. The lowest BCUT2D eigenvalue weighted by Gasteiger charge is -2.32. The number of aryl methyl sites for hydroxylation is 2. The van der Waals surface area contributed by atoms with E-state index < -0.39 is 23.8 Å². The molecule has 0 fully saturated rings. The van der Waals surface area contributed by atoms with Crippen molar-refractivity contribution >= 4 is 29.7 Å². The maximum Gasteiger partial charge on any atom is 0.408 e. The predicted octanol–water partition coefficient (Wildman–Crippen LogP) is 6.02. The minimum Gasteiger partial charge on any atom is -0.444 e. The summed E-state index contributed by atoms with van der Waals surface area (Å²) < 4.78 is 5.40. The molecule has 2 rings (SSSR count). The highest BCUT2D eigenvalue weighted by molar-refractivity contribution is 5.99. The van der Waals surface area contributed by atoms with E-state index in [9.17, 15) is 14.4 Å². The lowest BCUT2D eigenvalue weighted by Crippen LogP contribution is -2.51. The molecule has 3 amide bonds. The summed E-state index contributed by atoms with van der Waals surface area (Å²) in [4.78, 5) is 41.5. The Kier molecular flexibility index (Phi) is 10.1. The number of likely N-dealkylation sites (N-methyl/N-ethyl adjacent to an activating group) is 1. The number of amides is 3. The topological polar surface area (TPSA) is 87.7 Å². The van der Waals surface area contributed by atoms with Crippen molar-refractivity contribution in [3.8, 4) is 0 Å². The van der Waals surface area contributed by atoms with Crippen LogP contribution in [0.1, 0.15) is 69.3 Å². The van der Waals surface area contributed by atoms with Crippen molar-refractivity contribution in [2.75, 3.05) is 12.4 Å². The summed E-state index contributed by atoms with van der Waals surface area (Å²) >= 11 is 0. The summed E-state index contributed by atoms with van der Waals surface area (Å²) in [7, 11) is 1.59. The molecule has 0 spiro atoms. The smallest absolute Gasteiger partial charge is 0.408 e. The SMILES string of the molecule is C=Cc1cccc(C(C(=O)Nc2c(C)cccc2C)N(C)C(=O)C(CC(C)C)NC(=O)OC(C)(C)C)c1. The highest BCUT2D eigenvalue weighted by atomic mass is 16.6. The van der Waals surface area contributed by atoms with Gasteiger partial charge in [0, 0.05) is 12.7 Å². The fourth-order valence-electron chi connectivity index (χ4n) is 4.13. The number of anilines is 1. The third kappa shape index (κ3) is 8.48. The third-order valence-electron chi connectivity index (χ3n) is 5.87. The molecule has 0 aliphatic rings. The Bertz CT molecular complexity index is 1110. The zero-order chi connectivity index (χ0) is 27.9. The first kappa shape index (κ1) is 29.6. The molecule has 200 valence electrons. The summed E-state index contributed by atoms with van der Waals surface area (Å²) in [5.74, 6) is -0.622. The molecule has 0 aliphatic carbocycles. The van der Waals surface area contributed by atoms with Crippen LogP contribution in [0.5, 0.6) is 0 Å². The van der Waals surface area contributed by atoms with Crippen LogP contribution in [0.15, 0.2) is 49.0 Å². The van der Waals surface area contributed by atoms with E-state index in [4.69, 9.17) is 4.74 Å². The number of carbonyl (C=O) groups excluding carboxylic acids is 3. The van der Waals surface area contributed by atoms with Gasteiger partial charge in [-0.05, 0) is 75.3 Å². The number of hydrogen-bond acceptors (Lipinski definition) is 4. The fraction of sp³-hybridized carbons (Fsp3) is 0.433. The van der Waals surface area contributed by atoms with Crippen molar-refractivity contribution in [2.45, 2.75) is 72.6 Å². The van der Waals surface area contributed by atoms with Crippen molar-refractivity contribution < 1.29 is 19.1 Å². The molecule has 2 atom stereocenters. The summed E-state index contributed by atoms with van der Waals surface area (Å²) in [6.45, 7) is 16.9. The van der Waals surface area contributed by atoms with Gasteiger partial charge in [-0.3, -0.25) is 9.59 Å². The Morgan fingerprint density at radius 2 is 1.65 bits per heavy atom. The van der Waals surface area contributed by atoms with E-state index in [1.165, 1.54) is 4.90 Å². The van der Waals surface area contributed by atoms with Crippen LogP contribution in [0.2, 0.25) is 0 Å². The number of alkyl carbamates (subject to hydrolysis) is 1. The van der Waals surface area contributed by atoms with Crippen LogP contribution < -0.4 is 10.6 Å². The van der Waals surface area contributed by atoms with Crippen LogP contribution in [0.4, 0.5) is 10.5 Å². The zero-order valence-electron chi connectivity index (χ0n) is 23.3. The van der Waals surface area contributed by atoms with E-state index >= 15 is 0 Å². The van der Waals surface area contributed by atoms with Gasteiger partial charge in [-0.25, -0.2) is 4.79 Å². The Morgan fingerprint density at radius 3 is 2.19 bits per heavy atom. The first-order valence-electron chi connectivity index (χ1n) is 12.6. The van der Waals surface area contributed by atoms with Crippen molar-refractivity contribution in [2.24, 2.45) is 5.92 Å². The van der Waals surface area contributed by atoms with Gasteiger partial charge in [0.1, 0.15) is 17.7 Å². The van der Waals surface area contributed by atoms with Crippen LogP contribution in [-0.2, 0) is 14.3 Å². The van der Waals surface area contributed by atoms with Gasteiger partial charge < -0.3 is 20.3 Å². The molecule has 0 heterocycles. The Hall–Kier alpha value is -3.61. The molecule has 0 aromatic heterocycles. The fourth-order valence-corrected chi connectivity index (χ4v) is 4.13. The number of nitrogens with one attached hydrogen (secondary N) is 2. The van der Waals surface area contributed by atoms with Crippen molar-refractivity contribution in [1.29, 1.82) is 0 Å². The molecule has 2 aromatic carbocycles. The minimum absolute atomic E-state index is 0.114. The van der Waals surface area contributed by atoms with E-state index in [-0.39, 0.29) is 17.7 Å². The molecule has 2 N–H and O–H groups in total. The monoisotopic (exact) mass is 507 g/mol. The number of ether oxygens (including phenoxy) is 1. The van der Waals surface area contributed by atoms with Gasteiger partial charge in [0.05, 0.1) is 0 Å². The van der Waals surface area contributed by atoms with Gasteiger partial charge in [-0.1, -0.05) is 62.9 Å². The Labute approximate surface area is 221 Å². The van der Waals surface area contributed by atoms with Gasteiger partial charge in [0.15, 0.2) is 0 Å². The molecular weight excluding hydrogens is 466 g/mol. The van der Waals surface area contributed by atoms with Crippen LogP contribution in [0.25, 0.3) is 6.08 Å². The summed E-state index contributed by atoms with van der Waals surface area (Å²) in [5, 5.41) is 5.75. The molecular formula is C30H41N3O4. The van der Waals surface area contributed by atoms with Crippen molar-refractivity contribution in [3.63, 3.8) is 0 Å².